The van der Waals surface area contributed by atoms with Crippen molar-refractivity contribution in [3.05, 3.63) is 52.6 Å². The first kappa shape index (κ1) is 12.1. The average molecular weight is 254 g/mol. The molecular weight excluding hydrogens is 241 g/mol. The second kappa shape index (κ2) is 4.85. The van der Waals surface area contributed by atoms with Crippen LogP contribution in [-0.2, 0) is 6.54 Å². The van der Waals surface area contributed by atoms with Gasteiger partial charge >= 0.3 is 0 Å². The monoisotopic (exact) mass is 253 g/mol. The van der Waals surface area contributed by atoms with Gasteiger partial charge in [-0.3, -0.25) is 4.68 Å². The Morgan fingerprint density at radius 1 is 1.53 bits per heavy atom. The van der Waals surface area contributed by atoms with Crippen LogP contribution in [-0.4, -0.2) is 9.78 Å². The lowest BCUT2D eigenvalue weighted by atomic mass is 10.2. The van der Waals surface area contributed by atoms with E-state index in [-0.39, 0.29) is 11.9 Å². The Kier molecular flexibility index (Phi) is 3.45. The molecule has 3 nitrogen and oxygen atoms in total. The molecule has 0 bridgehead atoms. The number of hydrogen-bond acceptors (Lipinski definition) is 2. The van der Waals surface area contributed by atoms with Crippen LogP contribution < -0.4 is 5.73 Å². The minimum atomic E-state index is -0.324. The molecule has 2 N–H and O–H groups in total. The Labute approximate surface area is 104 Å². The standard InChI is InChI=1S/C12H13ClFN3/c1-8(15)10-5-16-17(7-10)6-9-2-3-11(13)4-12(9)14/h2-5,7-8H,6,15H2,1H3/t8-/m1/s1. The van der Waals surface area contributed by atoms with Gasteiger partial charge in [0.25, 0.3) is 0 Å². The third-order valence-corrected chi connectivity index (χ3v) is 2.76. The summed E-state index contributed by atoms with van der Waals surface area (Å²) in [5.41, 5.74) is 7.21. The number of benzene rings is 1. The Hall–Kier alpha value is -1.39. The van der Waals surface area contributed by atoms with E-state index in [0.29, 0.717) is 17.1 Å². The SMILES string of the molecule is C[C@@H](N)c1cnn(Cc2ccc(Cl)cc2F)c1. The summed E-state index contributed by atoms with van der Waals surface area (Å²) in [7, 11) is 0. The van der Waals surface area contributed by atoms with Crippen molar-refractivity contribution < 1.29 is 4.39 Å². The summed E-state index contributed by atoms with van der Waals surface area (Å²) in [4.78, 5) is 0. The van der Waals surface area contributed by atoms with Crippen LogP contribution in [0.4, 0.5) is 4.39 Å². The summed E-state index contributed by atoms with van der Waals surface area (Å²) in [6.45, 7) is 2.25. The number of nitrogens with two attached hydrogens (primary N) is 1. The first-order valence-corrected chi connectivity index (χ1v) is 5.66. The molecule has 2 aromatic rings. The Morgan fingerprint density at radius 3 is 2.88 bits per heavy atom. The summed E-state index contributed by atoms with van der Waals surface area (Å²) in [5.74, 6) is -0.324. The van der Waals surface area contributed by atoms with E-state index >= 15 is 0 Å². The van der Waals surface area contributed by atoms with Crippen molar-refractivity contribution in [2.45, 2.75) is 19.5 Å². The van der Waals surface area contributed by atoms with Gasteiger partial charge in [0, 0.05) is 28.4 Å². The molecule has 1 aromatic heterocycles. The zero-order valence-corrected chi connectivity index (χ0v) is 10.2. The molecule has 0 aliphatic carbocycles. The van der Waals surface area contributed by atoms with Gasteiger partial charge < -0.3 is 5.73 Å². The predicted octanol–water partition coefficient (Wildman–Crippen LogP) is 2.74. The van der Waals surface area contributed by atoms with Gasteiger partial charge in [-0.1, -0.05) is 17.7 Å². The molecule has 90 valence electrons. The van der Waals surface area contributed by atoms with Crippen LogP contribution in [0.5, 0.6) is 0 Å². The molecule has 2 rings (SSSR count). The highest BCUT2D eigenvalue weighted by Crippen LogP contribution is 2.16. The van der Waals surface area contributed by atoms with Crippen LogP contribution >= 0.6 is 11.6 Å². The summed E-state index contributed by atoms with van der Waals surface area (Å²) < 4.78 is 15.2. The van der Waals surface area contributed by atoms with Crippen molar-refractivity contribution in [1.82, 2.24) is 9.78 Å². The second-order valence-corrected chi connectivity index (χ2v) is 4.43. The van der Waals surface area contributed by atoms with Crippen molar-refractivity contribution in [2.75, 3.05) is 0 Å². The molecule has 0 saturated heterocycles. The first-order chi connectivity index (χ1) is 8.06. The molecule has 0 fully saturated rings. The fourth-order valence-corrected chi connectivity index (χ4v) is 1.68. The third-order valence-electron chi connectivity index (χ3n) is 2.53. The third kappa shape index (κ3) is 2.84. The van der Waals surface area contributed by atoms with Gasteiger partial charge in [0.2, 0.25) is 0 Å². The first-order valence-electron chi connectivity index (χ1n) is 5.28. The Morgan fingerprint density at radius 2 is 2.29 bits per heavy atom. The minimum absolute atomic E-state index is 0.0705. The van der Waals surface area contributed by atoms with E-state index in [1.807, 2.05) is 13.1 Å². The van der Waals surface area contributed by atoms with Crippen molar-refractivity contribution >= 4 is 11.6 Å². The molecule has 1 aromatic carbocycles. The average Bonchev–Trinajstić information content (AvgIpc) is 2.71. The number of aromatic nitrogens is 2. The fourth-order valence-electron chi connectivity index (χ4n) is 1.53. The zero-order chi connectivity index (χ0) is 12.4. The molecule has 1 heterocycles. The molecule has 17 heavy (non-hydrogen) atoms. The molecule has 0 radical (unpaired) electrons. The highest BCUT2D eigenvalue weighted by Gasteiger charge is 2.06. The van der Waals surface area contributed by atoms with E-state index in [9.17, 15) is 4.39 Å². The van der Waals surface area contributed by atoms with E-state index in [1.54, 1.807) is 23.0 Å². The minimum Gasteiger partial charge on any atom is -0.324 e. The molecular formula is C12H13ClFN3. The van der Waals surface area contributed by atoms with Crippen LogP contribution in [0.1, 0.15) is 24.1 Å². The van der Waals surface area contributed by atoms with Gasteiger partial charge in [-0.15, -0.1) is 0 Å². The van der Waals surface area contributed by atoms with E-state index < -0.39 is 0 Å². The maximum absolute atomic E-state index is 13.6. The lowest BCUT2D eigenvalue weighted by Crippen LogP contribution is -2.04. The van der Waals surface area contributed by atoms with Crippen molar-refractivity contribution in [3.8, 4) is 0 Å². The topological polar surface area (TPSA) is 43.8 Å². The summed E-state index contributed by atoms with van der Waals surface area (Å²) in [6, 6.07) is 4.55. The molecule has 0 amide bonds. The van der Waals surface area contributed by atoms with Gasteiger partial charge in [0.15, 0.2) is 0 Å². The lowest BCUT2D eigenvalue weighted by molar-refractivity contribution is 0.585. The van der Waals surface area contributed by atoms with Crippen LogP contribution in [0.15, 0.2) is 30.6 Å². The second-order valence-electron chi connectivity index (χ2n) is 4.00. The van der Waals surface area contributed by atoms with E-state index in [0.717, 1.165) is 5.56 Å². The molecule has 0 spiro atoms. The Balaban J connectivity index is 2.19. The Bertz CT molecular complexity index is 522. The summed E-state index contributed by atoms with van der Waals surface area (Å²) in [6.07, 6.45) is 3.51. The lowest BCUT2D eigenvalue weighted by Gasteiger charge is -2.04. The molecule has 0 aliphatic rings. The largest absolute Gasteiger partial charge is 0.324 e. The van der Waals surface area contributed by atoms with Crippen LogP contribution in [0.3, 0.4) is 0 Å². The molecule has 1 atom stereocenters. The summed E-state index contributed by atoms with van der Waals surface area (Å²) in [5, 5.41) is 4.52. The van der Waals surface area contributed by atoms with Crippen LogP contribution in [0, 0.1) is 5.82 Å². The van der Waals surface area contributed by atoms with Crippen molar-refractivity contribution in [3.63, 3.8) is 0 Å². The van der Waals surface area contributed by atoms with Crippen LogP contribution in [0.2, 0.25) is 5.02 Å². The molecule has 5 heteroatoms. The van der Waals surface area contributed by atoms with Gasteiger partial charge in [-0.05, 0) is 19.1 Å². The van der Waals surface area contributed by atoms with E-state index in [4.69, 9.17) is 17.3 Å². The predicted molar refractivity (Wildman–Crippen MR) is 65.3 cm³/mol. The van der Waals surface area contributed by atoms with E-state index in [1.165, 1.54) is 6.07 Å². The van der Waals surface area contributed by atoms with Gasteiger partial charge in [-0.2, -0.15) is 5.10 Å². The molecule has 0 unspecified atom stereocenters. The quantitative estimate of drug-likeness (QED) is 0.914. The normalized spacial score (nSPS) is 12.7. The summed E-state index contributed by atoms with van der Waals surface area (Å²) >= 11 is 5.69. The number of hydrogen-bond donors (Lipinski definition) is 1. The van der Waals surface area contributed by atoms with Crippen molar-refractivity contribution in [1.29, 1.82) is 0 Å². The highest BCUT2D eigenvalue weighted by molar-refractivity contribution is 6.30. The van der Waals surface area contributed by atoms with Gasteiger partial charge in [-0.25, -0.2) is 4.39 Å². The highest BCUT2D eigenvalue weighted by atomic mass is 35.5. The number of rotatable bonds is 3. The molecule has 0 aliphatic heterocycles. The van der Waals surface area contributed by atoms with Crippen LogP contribution in [0.25, 0.3) is 0 Å². The number of nitrogens with zero attached hydrogens (tertiary/aromatic N) is 2. The zero-order valence-electron chi connectivity index (χ0n) is 9.40. The fraction of sp³-hybridized carbons (Fsp3) is 0.250. The molecule has 0 saturated carbocycles. The van der Waals surface area contributed by atoms with Crippen molar-refractivity contribution in [2.24, 2.45) is 5.73 Å². The van der Waals surface area contributed by atoms with Gasteiger partial charge in [0.1, 0.15) is 5.82 Å². The maximum atomic E-state index is 13.6. The van der Waals surface area contributed by atoms with E-state index in [2.05, 4.69) is 5.10 Å². The van der Waals surface area contributed by atoms with Gasteiger partial charge in [0.05, 0.1) is 12.7 Å². The maximum Gasteiger partial charge on any atom is 0.129 e. The number of halogens is 2. The smallest absolute Gasteiger partial charge is 0.129 e.